The van der Waals surface area contributed by atoms with Gasteiger partial charge >= 0.3 is 15.2 Å². The number of quaternary nitrogens is 1. The van der Waals surface area contributed by atoms with Crippen LogP contribution in [0.4, 0.5) is 0 Å². The molecule has 1 rings (SSSR count). The van der Waals surface area contributed by atoms with E-state index in [1.807, 2.05) is 0 Å². The topological polar surface area (TPSA) is 132 Å². The minimum atomic E-state index is -4.22. The van der Waals surface area contributed by atoms with E-state index in [2.05, 4.69) is 0 Å². The first-order valence-corrected chi connectivity index (χ1v) is 7.03. The van der Waals surface area contributed by atoms with Crippen molar-refractivity contribution in [1.82, 2.24) is 0 Å². The van der Waals surface area contributed by atoms with Crippen molar-refractivity contribution >= 4 is 15.2 Å². The van der Waals surface area contributed by atoms with Crippen LogP contribution in [0.3, 0.4) is 0 Å². The molecule has 0 spiro atoms. The Kier molecular flexibility index (Phi) is 3.00. The maximum Gasteiger partial charge on any atom is 0.382 e. The van der Waals surface area contributed by atoms with Crippen LogP contribution in [0.1, 0.15) is 12.8 Å². The molecule has 78 valence electrons. The molecule has 0 aromatic heterocycles. The van der Waals surface area contributed by atoms with Crippen molar-refractivity contribution in [2.75, 3.05) is 0 Å². The summed E-state index contributed by atoms with van der Waals surface area (Å²) in [6, 6.07) is 0. The normalized spacial score (nSPS) is 30.8. The highest BCUT2D eigenvalue weighted by molar-refractivity contribution is 7.53. The molecule has 1 aliphatic rings. The Morgan fingerprint density at radius 3 is 1.38 bits per heavy atom. The molecule has 7 nitrogen and oxygen atoms in total. The molecule has 0 bridgehead atoms. The fourth-order valence-electron chi connectivity index (χ4n) is 1.35. The quantitative estimate of drug-likeness (QED) is 0.362. The van der Waals surface area contributed by atoms with Crippen LogP contribution in [-0.4, -0.2) is 31.1 Å². The van der Waals surface area contributed by atoms with E-state index in [4.69, 9.17) is 19.6 Å². The molecule has 0 aliphatic carbocycles. The van der Waals surface area contributed by atoms with Gasteiger partial charge in [-0.15, -0.1) is 0 Å². The highest BCUT2D eigenvalue weighted by Gasteiger charge is 2.46. The van der Waals surface area contributed by atoms with E-state index in [9.17, 15) is 9.13 Å². The van der Waals surface area contributed by atoms with E-state index in [0.29, 0.717) is 0 Å². The van der Waals surface area contributed by atoms with Gasteiger partial charge in [-0.1, -0.05) is 0 Å². The smallest absolute Gasteiger partial charge is 0.321 e. The lowest BCUT2D eigenvalue weighted by Gasteiger charge is -2.12. The minimum Gasteiger partial charge on any atom is -0.321 e. The van der Waals surface area contributed by atoms with Crippen molar-refractivity contribution in [3.8, 4) is 0 Å². The standard InChI is InChI=1S/C4H11NO6P2/c6-12(7,8)3-1-2-4(5-3)13(9,10)11/h3-5H,1-2H2,(H2,6,7,8)(H2,9,10,11)/p+1. The first-order valence-electron chi connectivity index (χ1n) is 3.66. The van der Waals surface area contributed by atoms with Gasteiger partial charge in [0.1, 0.15) is 0 Å². The van der Waals surface area contributed by atoms with E-state index in [1.165, 1.54) is 0 Å². The second kappa shape index (κ2) is 3.44. The molecule has 0 aromatic carbocycles. The van der Waals surface area contributed by atoms with Gasteiger partial charge < -0.3 is 24.9 Å². The molecule has 13 heavy (non-hydrogen) atoms. The second-order valence-electron chi connectivity index (χ2n) is 3.08. The van der Waals surface area contributed by atoms with Gasteiger partial charge in [0, 0.05) is 12.8 Å². The van der Waals surface area contributed by atoms with Crippen LogP contribution in [0, 0.1) is 0 Å². The maximum atomic E-state index is 10.7. The third-order valence-electron chi connectivity index (χ3n) is 2.07. The molecular weight excluding hydrogens is 220 g/mol. The molecule has 2 unspecified atom stereocenters. The first-order chi connectivity index (χ1) is 5.71. The Hall–Kier alpha value is 0.260. The Morgan fingerprint density at radius 2 is 1.23 bits per heavy atom. The van der Waals surface area contributed by atoms with Gasteiger partial charge in [-0.05, 0) is 0 Å². The van der Waals surface area contributed by atoms with Crippen molar-refractivity contribution in [2.24, 2.45) is 0 Å². The summed E-state index contributed by atoms with van der Waals surface area (Å²) in [6.45, 7) is 0. The highest BCUT2D eigenvalue weighted by atomic mass is 31.2. The Labute approximate surface area is 74.5 Å². The van der Waals surface area contributed by atoms with E-state index >= 15 is 0 Å². The lowest BCUT2D eigenvalue weighted by Crippen LogP contribution is -2.90. The van der Waals surface area contributed by atoms with Gasteiger partial charge in [0.15, 0.2) is 11.6 Å². The van der Waals surface area contributed by atoms with Crippen molar-refractivity contribution in [3.05, 3.63) is 0 Å². The van der Waals surface area contributed by atoms with E-state index in [-0.39, 0.29) is 12.8 Å². The van der Waals surface area contributed by atoms with Gasteiger partial charge in [0.25, 0.3) is 0 Å². The predicted molar refractivity (Wildman–Crippen MR) is 42.8 cm³/mol. The van der Waals surface area contributed by atoms with Crippen LogP contribution in [-0.2, 0) is 9.13 Å². The van der Waals surface area contributed by atoms with Crippen LogP contribution in [0.2, 0.25) is 0 Å². The fourth-order valence-corrected chi connectivity index (χ4v) is 3.32. The summed E-state index contributed by atoms with van der Waals surface area (Å²) in [5, 5.41) is 1.08. The summed E-state index contributed by atoms with van der Waals surface area (Å²) in [5.74, 6) is -1.99. The van der Waals surface area contributed by atoms with E-state index in [1.54, 1.807) is 0 Å². The molecule has 0 aromatic rings. The van der Waals surface area contributed by atoms with Crippen LogP contribution in [0.15, 0.2) is 0 Å². The number of nitrogens with two attached hydrogens (primary N) is 1. The van der Waals surface area contributed by atoms with Crippen LogP contribution >= 0.6 is 15.2 Å². The van der Waals surface area contributed by atoms with Crippen LogP contribution < -0.4 is 5.32 Å². The van der Waals surface area contributed by atoms with Crippen LogP contribution in [0.5, 0.6) is 0 Å². The predicted octanol–water partition coefficient (Wildman–Crippen LogP) is -1.65. The van der Waals surface area contributed by atoms with Crippen molar-refractivity contribution in [3.63, 3.8) is 0 Å². The first kappa shape index (κ1) is 11.3. The largest absolute Gasteiger partial charge is 0.382 e. The molecule has 1 saturated heterocycles. The molecule has 2 atom stereocenters. The second-order valence-corrected chi connectivity index (χ2v) is 6.77. The van der Waals surface area contributed by atoms with Crippen molar-refractivity contribution < 1.29 is 34.0 Å². The van der Waals surface area contributed by atoms with Gasteiger partial charge in [-0.25, -0.2) is 0 Å². The average molecular weight is 232 g/mol. The SMILES string of the molecule is O=P(O)(O)C1CCC(P(=O)(O)O)[NH2+]1. The fraction of sp³-hybridized carbons (Fsp3) is 1.00. The molecule has 0 amide bonds. The van der Waals surface area contributed by atoms with Crippen LogP contribution in [0.25, 0.3) is 0 Å². The number of hydrogen-bond acceptors (Lipinski definition) is 2. The van der Waals surface area contributed by atoms with Gasteiger partial charge in [-0.2, -0.15) is 0 Å². The monoisotopic (exact) mass is 232 g/mol. The molecular formula is C4H12NO6P2+. The molecule has 0 radical (unpaired) electrons. The third kappa shape index (κ3) is 2.86. The molecule has 1 aliphatic heterocycles. The third-order valence-corrected chi connectivity index (χ3v) is 4.66. The number of hydrogen-bond donors (Lipinski definition) is 5. The molecule has 6 N–H and O–H groups in total. The summed E-state index contributed by atoms with van der Waals surface area (Å²) in [5.41, 5.74) is 0. The van der Waals surface area contributed by atoms with E-state index in [0.717, 1.165) is 5.32 Å². The molecule has 1 fully saturated rings. The Balaban J connectivity index is 2.66. The summed E-state index contributed by atoms with van der Waals surface area (Å²) in [7, 11) is -8.44. The van der Waals surface area contributed by atoms with Gasteiger partial charge in [0.05, 0.1) is 0 Å². The highest BCUT2D eigenvalue weighted by Crippen LogP contribution is 2.47. The lowest BCUT2D eigenvalue weighted by molar-refractivity contribution is -0.669. The zero-order valence-electron chi connectivity index (χ0n) is 6.65. The van der Waals surface area contributed by atoms with Gasteiger partial charge in [-0.3, -0.25) is 9.13 Å². The zero-order chi connectivity index (χ0) is 10.3. The van der Waals surface area contributed by atoms with Crippen molar-refractivity contribution in [2.45, 2.75) is 24.4 Å². The minimum absolute atomic E-state index is 0.139. The zero-order valence-corrected chi connectivity index (χ0v) is 8.43. The molecule has 0 saturated carbocycles. The molecule has 1 heterocycles. The van der Waals surface area contributed by atoms with E-state index < -0.39 is 26.8 Å². The van der Waals surface area contributed by atoms with Crippen molar-refractivity contribution in [1.29, 1.82) is 0 Å². The maximum absolute atomic E-state index is 10.7. The Bertz CT molecular complexity index is 252. The van der Waals surface area contributed by atoms with Gasteiger partial charge in [0.2, 0.25) is 0 Å². The summed E-state index contributed by atoms with van der Waals surface area (Å²) in [4.78, 5) is 34.9. The lowest BCUT2D eigenvalue weighted by atomic mass is 10.4. The Morgan fingerprint density at radius 1 is 0.923 bits per heavy atom. The molecule has 9 heteroatoms. The summed E-state index contributed by atoms with van der Waals surface area (Å²) in [6.07, 6.45) is 0.278. The summed E-state index contributed by atoms with van der Waals surface area (Å²) < 4.78 is 21.4. The average Bonchev–Trinajstić information content (AvgIpc) is 2.28. The summed E-state index contributed by atoms with van der Waals surface area (Å²) >= 11 is 0. The number of rotatable bonds is 2.